The molecule has 0 saturated carbocycles. The van der Waals surface area contributed by atoms with Crippen LogP contribution in [0.1, 0.15) is 62.5 Å². The summed E-state index contributed by atoms with van der Waals surface area (Å²) >= 11 is 0. The van der Waals surface area contributed by atoms with Crippen molar-refractivity contribution in [1.82, 2.24) is 14.8 Å². The van der Waals surface area contributed by atoms with E-state index in [4.69, 9.17) is 9.47 Å². The zero-order valence-corrected chi connectivity index (χ0v) is 23.8. The van der Waals surface area contributed by atoms with Gasteiger partial charge in [0.25, 0.3) is 0 Å². The van der Waals surface area contributed by atoms with Gasteiger partial charge in [-0.3, -0.25) is 9.69 Å². The van der Waals surface area contributed by atoms with E-state index >= 15 is 0 Å². The first-order valence-electron chi connectivity index (χ1n) is 14.4. The molecule has 7 heteroatoms. The number of ether oxygens (including phenoxy) is 2. The smallest absolute Gasteiger partial charge is 0.236 e. The van der Waals surface area contributed by atoms with Gasteiger partial charge in [0.05, 0.1) is 26.5 Å². The topological polar surface area (TPSA) is 78.0 Å². The molecule has 0 radical (unpaired) electrons. The van der Waals surface area contributed by atoms with Crippen LogP contribution in [0.2, 0.25) is 0 Å². The van der Waals surface area contributed by atoms with Crippen molar-refractivity contribution in [2.75, 3.05) is 53.6 Å². The lowest BCUT2D eigenvalue weighted by Gasteiger charge is -2.35. The lowest BCUT2D eigenvalue weighted by atomic mass is 9.87. The molecule has 0 spiro atoms. The van der Waals surface area contributed by atoms with Crippen molar-refractivity contribution in [3.05, 3.63) is 47.5 Å². The van der Waals surface area contributed by atoms with Gasteiger partial charge in [-0.2, -0.15) is 0 Å². The van der Waals surface area contributed by atoms with Crippen LogP contribution in [0, 0.1) is 5.92 Å². The molecular formula is C32H43N3O4. The van der Waals surface area contributed by atoms with Gasteiger partial charge in [0.1, 0.15) is 0 Å². The molecule has 2 aromatic carbocycles. The molecule has 2 aliphatic rings. The summed E-state index contributed by atoms with van der Waals surface area (Å²) in [7, 11) is 3.33. The molecule has 3 aromatic rings. The number of nitrogens with one attached hydrogen (secondary N) is 1. The number of likely N-dealkylation sites (tertiary alicyclic amines) is 2. The molecule has 0 bridgehead atoms. The fourth-order valence-corrected chi connectivity index (χ4v) is 6.38. The number of nitrogens with zero attached hydrogens (tertiary/aromatic N) is 2. The highest BCUT2D eigenvalue weighted by Gasteiger charge is 2.27. The summed E-state index contributed by atoms with van der Waals surface area (Å²) in [5.41, 5.74) is 6.03. The number of aromatic amines is 1. The van der Waals surface area contributed by atoms with Crippen molar-refractivity contribution in [3.63, 3.8) is 0 Å². The predicted molar refractivity (Wildman–Crippen MR) is 156 cm³/mol. The minimum absolute atomic E-state index is 0.249. The molecule has 5 rings (SSSR count). The summed E-state index contributed by atoms with van der Waals surface area (Å²) in [6, 6.07) is 12.9. The predicted octanol–water partition coefficient (Wildman–Crippen LogP) is 5.39. The number of rotatable bonds is 8. The van der Waals surface area contributed by atoms with Gasteiger partial charge in [-0.25, -0.2) is 0 Å². The van der Waals surface area contributed by atoms with Gasteiger partial charge in [-0.05, 0) is 98.0 Å². The third-order valence-electron chi connectivity index (χ3n) is 8.76. The lowest BCUT2D eigenvalue weighted by Crippen LogP contribution is -2.46. The minimum atomic E-state index is 0.249. The number of amides is 1. The van der Waals surface area contributed by atoms with Crippen molar-refractivity contribution >= 4 is 16.8 Å². The summed E-state index contributed by atoms with van der Waals surface area (Å²) in [6.07, 6.45) is 3.96. The van der Waals surface area contributed by atoms with Crippen molar-refractivity contribution in [3.8, 4) is 22.8 Å². The van der Waals surface area contributed by atoms with E-state index in [0.29, 0.717) is 24.3 Å². The largest absolute Gasteiger partial charge is 0.493 e. The van der Waals surface area contributed by atoms with Gasteiger partial charge in [0, 0.05) is 36.2 Å². The van der Waals surface area contributed by atoms with Crippen LogP contribution in [0.3, 0.4) is 0 Å². The molecule has 2 aliphatic heterocycles. The number of aromatic nitrogens is 1. The molecule has 210 valence electrons. The maximum Gasteiger partial charge on any atom is 0.236 e. The zero-order valence-electron chi connectivity index (χ0n) is 23.8. The van der Waals surface area contributed by atoms with Crippen molar-refractivity contribution in [2.45, 2.75) is 51.4 Å². The maximum absolute atomic E-state index is 13.0. The van der Waals surface area contributed by atoms with E-state index in [1.54, 1.807) is 14.2 Å². The Hall–Kier alpha value is -3.03. The van der Waals surface area contributed by atoms with E-state index in [1.165, 1.54) is 16.5 Å². The number of carbonyl (C=O) groups is 1. The summed E-state index contributed by atoms with van der Waals surface area (Å²) in [4.78, 5) is 21.0. The van der Waals surface area contributed by atoms with Crippen molar-refractivity contribution in [1.29, 1.82) is 0 Å². The number of aliphatic hydroxyl groups excluding tert-OH is 1. The highest BCUT2D eigenvalue weighted by molar-refractivity contribution is 5.92. The van der Waals surface area contributed by atoms with E-state index in [9.17, 15) is 9.90 Å². The third kappa shape index (κ3) is 5.80. The number of H-pyrrole nitrogens is 1. The molecule has 3 heterocycles. The second-order valence-electron chi connectivity index (χ2n) is 11.5. The van der Waals surface area contributed by atoms with Crippen LogP contribution in [0.4, 0.5) is 0 Å². The summed E-state index contributed by atoms with van der Waals surface area (Å²) < 4.78 is 11.0. The molecule has 2 N–H and O–H groups in total. The van der Waals surface area contributed by atoms with Gasteiger partial charge >= 0.3 is 0 Å². The molecule has 2 fully saturated rings. The molecule has 1 amide bonds. The third-order valence-corrected chi connectivity index (χ3v) is 8.76. The SMILES string of the molecule is COc1ccc(-c2[nH]c3ccc(C4CCN(C(=O)CN5CCC(CO)CC5)CC4)cc3c2C(C)C)cc1OC. The Morgan fingerprint density at radius 1 is 0.974 bits per heavy atom. The van der Waals surface area contributed by atoms with Crippen molar-refractivity contribution in [2.24, 2.45) is 5.92 Å². The second kappa shape index (κ2) is 12.0. The molecule has 7 nitrogen and oxygen atoms in total. The molecule has 0 aliphatic carbocycles. The fourth-order valence-electron chi connectivity index (χ4n) is 6.38. The molecule has 0 unspecified atom stereocenters. The van der Waals surface area contributed by atoms with Gasteiger partial charge in [-0.1, -0.05) is 19.9 Å². The highest BCUT2D eigenvalue weighted by Crippen LogP contribution is 2.40. The first kappa shape index (κ1) is 27.5. The van der Waals surface area contributed by atoms with Gasteiger partial charge < -0.3 is 24.5 Å². The lowest BCUT2D eigenvalue weighted by molar-refractivity contribution is -0.133. The van der Waals surface area contributed by atoms with Crippen molar-refractivity contribution < 1.29 is 19.4 Å². The fraction of sp³-hybridized carbons (Fsp3) is 0.531. The minimum Gasteiger partial charge on any atom is -0.493 e. The molecule has 0 atom stereocenters. The highest BCUT2D eigenvalue weighted by atomic mass is 16.5. The number of methoxy groups -OCH3 is 2. The Balaban J connectivity index is 1.30. The number of piperidine rings is 2. The Kier molecular flexibility index (Phi) is 8.48. The first-order chi connectivity index (χ1) is 18.9. The van der Waals surface area contributed by atoms with E-state index in [0.717, 1.165) is 80.1 Å². The number of hydrogen-bond acceptors (Lipinski definition) is 5. The average molecular weight is 534 g/mol. The van der Waals surface area contributed by atoms with Crippen LogP contribution in [0.25, 0.3) is 22.2 Å². The Morgan fingerprint density at radius 2 is 1.69 bits per heavy atom. The van der Waals surface area contributed by atoms with Crippen LogP contribution >= 0.6 is 0 Å². The average Bonchev–Trinajstić information content (AvgIpc) is 3.36. The number of carbonyl (C=O) groups excluding carboxylic acids is 1. The summed E-state index contributed by atoms with van der Waals surface area (Å²) in [5.74, 6) is 2.90. The Bertz CT molecular complexity index is 1280. The number of fused-ring (bicyclic) bond motifs is 1. The standard InChI is InChI=1S/C32H43N3O4/c1-21(2)31-26-17-24(5-7-27(26)33-32(31)25-6-8-28(38-3)29(18-25)39-4)23-11-15-35(16-12-23)30(37)19-34-13-9-22(20-36)10-14-34/h5-8,17-18,21-23,33,36H,9-16,19-20H2,1-4H3. The van der Waals surface area contributed by atoms with Gasteiger partial charge in [-0.15, -0.1) is 0 Å². The van der Waals surface area contributed by atoms with E-state index in [1.807, 2.05) is 12.1 Å². The van der Waals surface area contributed by atoms with E-state index in [-0.39, 0.29) is 12.5 Å². The Morgan fingerprint density at radius 3 is 2.33 bits per heavy atom. The summed E-state index contributed by atoms with van der Waals surface area (Å²) in [6.45, 7) is 8.72. The zero-order chi connectivity index (χ0) is 27.5. The van der Waals surface area contributed by atoms with Crippen LogP contribution in [-0.2, 0) is 4.79 Å². The Labute approximate surface area is 232 Å². The van der Waals surface area contributed by atoms with Crippen LogP contribution < -0.4 is 9.47 Å². The molecular weight excluding hydrogens is 490 g/mol. The van der Waals surface area contributed by atoms with Crippen LogP contribution in [0.5, 0.6) is 11.5 Å². The number of hydrogen-bond donors (Lipinski definition) is 2. The summed E-state index contributed by atoms with van der Waals surface area (Å²) in [5, 5.41) is 10.6. The number of benzene rings is 2. The maximum atomic E-state index is 13.0. The van der Waals surface area contributed by atoms with Gasteiger partial charge in [0.15, 0.2) is 11.5 Å². The molecule has 1 aromatic heterocycles. The normalized spacial score (nSPS) is 17.7. The molecule has 2 saturated heterocycles. The van der Waals surface area contributed by atoms with Crippen LogP contribution in [0.15, 0.2) is 36.4 Å². The van der Waals surface area contributed by atoms with Gasteiger partial charge in [0.2, 0.25) is 5.91 Å². The molecule has 39 heavy (non-hydrogen) atoms. The van der Waals surface area contributed by atoms with E-state index < -0.39 is 0 Å². The number of aliphatic hydroxyl groups is 1. The van der Waals surface area contributed by atoms with E-state index in [2.05, 4.69) is 52.9 Å². The van der Waals surface area contributed by atoms with Crippen LogP contribution in [-0.4, -0.2) is 79.3 Å². The second-order valence-corrected chi connectivity index (χ2v) is 11.5. The first-order valence-corrected chi connectivity index (χ1v) is 14.4. The monoisotopic (exact) mass is 533 g/mol. The quantitative estimate of drug-likeness (QED) is 0.406.